The van der Waals surface area contributed by atoms with E-state index in [1.165, 1.54) is 24.2 Å². The number of thiazole rings is 1. The highest BCUT2D eigenvalue weighted by molar-refractivity contribution is 7.13. The molecule has 5 nitrogen and oxygen atoms in total. The molecule has 0 spiro atoms. The van der Waals surface area contributed by atoms with Crippen LogP contribution in [0.2, 0.25) is 0 Å². The van der Waals surface area contributed by atoms with Crippen LogP contribution in [0.25, 0.3) is 0 Å². The Morgan fingerprint density at radius 1 is 1.60 bits per heavy atom. The van der Waals surface area contributed by atoms with E-state index < -0.39 is 11.4 Å². The van der Waals surface area contributed by atoms with Crippen LogP contribution in [0.5, 0.6) is 0 Å². The monoisotopic (exact) mass is 298 g/mol. The lowest BCUT2D eigenvalue weighted by Gasteiger charge is -2.16. The number of nitrogens with zero attached hydrogens (tertiary/aromatic N) is 1. The summed E-state index contributed by atoms with van der Waals surface area (Å²) >= 11 is 1.47. The quantitative estimate of drug-likeness (QED) is 0.772. The van der Waals surface area contributed by atoms with Gasteiger partial charge in [0, 0.05) is 25.6 Å². The molecule has 0 unspecified atom stereocenters. The van der Waals surface area contributed by atoms with E-state index in [-0.39, 0.29) is 0 Å². The van der Waals surface area contributed by atoms with E-state index in [0.717, 1.165) is 24.7 Å². The second kappa shape index (κ2) is 5.69. The van der Waals surface area contributed by atoms with Gasteiger partial charge in [-0.2, -0.15) is 0 Å². The first kappa shape index (κ1) is 15.3. The molecular formula is C14H22N2O3S. The van der Waals surface area contributed by atoms with Crippen LogP contribution in [0.4, 0.5) is 5.13 Å². The number of aromatic nitrogens is 1. The van der Waals surface area contributed by atoms with E-state index in [1.807, 2.05) is 5.38 Å². The summed E-state index contributed by atoms with van der Waals surface area (Å²) in [5.74, 6) is -0.854. The standard InChI is InChI=1S/C14H22N2O3S/c1-13(2,11(17)18)10-8-20-12(16-10)15-9-14(4-5-14)6-7-19-3/h8H,4-7,9H2,1-3H3,(H,15,16)(H,17,18). The van der Waals surface area contributed by atoms with Crippen molar-refractivity contribution in [1.29, 1.82) is 0 Å². The molecule has 0 amide bonds. The lowest BCUT2D eigenvalue weighted by molar-refractivity contribution is -0.142. The Hall–Kier alpha value is -1.14. The van der Waals surface area contributed by atoms with Gasteiger partial charge in [-0.05, 0) is 38.5 Å². The van der Waals surface area contributed by atoms with E-state index in [1.54, 1.807) is 21.0 Å². The van der Waals surface area contributed by atoms with Gasteiger partial charge in [-0.3, -0.25) is 4.79 Å². The fraction of sp³-hybridized carbons (Fsp3) is 0.714. The van der Waals surface area contributed by atoms with Crippen LogP contribution in [0.1, 0.15) is 38.8 Å². The van der Waals surface area contributed by atoms with Crippen molar-refractivity contribution in [3.63, 3.8) is 0 Å². The molecule has 1 aromatic heterocycles. The maximum absolute atomic E-state index is 11.2. The minimum atomic E-state index is -0.941. The van der Waals surface area contributed by atoms with Gasteiger partial charge in [-0.15, -0.1) is 11.3 Å². The molecule has 20 heavy (non-hydrogen) atoms. The summed E-state index contributed by atoms with van der Waals surface area (Å²) in [6.07, 6.45) is 3.51. The summed E-state index contributed by atoms with van der Waals surface area (Å²) in [4.78, 5) is 15.6. The van der Waals surface area contributed by atoms with Gasteiger partial charge in [0.1, 0.15) is 5.41 Å². The van der Waals surface area contributed by atoms with E-state index in [9.17, 15) is 9.90 Å². The SMILES string of the molecule is COCCC1(CNc2nc(C(C)(C)C(=O)O)cs2)CC1. The second-order valence-electron chi connectivity index (χ2n) is 6.06. The van der Waals surface area contributed by atoms with Crippen molar-refractivity contribution in [1.82, 2.24) is 4.98 Å². The van der Waals surface area contributed by atoms with Gasteiger partial charge in [-0.1, -0.05) is 0 Å². The molecule has 6 heteroatoms. The fourth-order valence-corrected chi connectivity index (χ4v) is 2.90. The Labute approximate surface area is 123 Å². The Bertz CT molecular complexity index is 481. The van der Waals surface area contributed by atoms with Crippen molar-refractivity contribution < 1.29 is 14.6 Å². The smallest absolute Gasteiger partial charge is 0.315 e. The average Bonchev–Trinajstić information content (AvgIpc) is 3.00. The molecule has 1 aliphatic carbocycles. The second-order valence-corrected chi connectivity index (χ2v) is 6.92. The molecule has 0 saturated heterocycles. The van der Waals surface area contributed by atoms with Gasteiger partial charge in [0.25, 0.3) is 0 Å². The number of hydrogen-bond acceptors (Lipinski definition) is 5. The number of rotatable bonds is 8. The zero-order valence-electron chi connectivity index (χ0n) is 12.2. The van der Waals surface area contributed by atoms with Crippen molar-refractivity contribution in [2.24, 2.45) is 5.41 Å². The van der Waals surface area contributed by atoms with Gasteiger partial charge in [0.15, 0.2) is 5.13 Å². The summed E-state index contributed by atoms with van der Waals surface area (Å²) < 4.78 is 5.14. The molecule has 1 fully saturated rings. The third-order valence-corrected chi connectivity index (χ3v) is 4.89. The minimum Gasteiger partial charge on any atom is -0.481 e. The van der Waals surface area contributed by atoms with E-state index in [4.69, 9.17) is 4.74 Å². The van der Waals surface area contributed by atoms with Gasteiger partial charge >= 0.3 is 5.97 Å². The Kier molecular flexibility index (Phi) is 4.34. The average molecular weight is 298 g/mol. The number of carbonyl (C=O) groups is 1. The maximum atomic E-state index is 11.2. The lowest BCUT2D eigenvalue weighted by atomic mass is 9.90. The molecule has 2 N–H and O–H groups in total. The summed E-state index contributed by atoms with van der Waals surface area (Å²) in [6.45, 7) is 5.03. The summed E-state index contributed by atoms with van der Waals surface area (Å²) in [5.41, 5.74) is 0.0210. The normalized spacial score (nSPS) is 16.9. The molecule has 112 valence electrons. The highest BCUT2D eigenvalue weighted by Gasteiger charge is 2.42. The Morgan fingerprint density at radius 2 is 2.30 bits per heavy atom. The molecule has 0 aromatic carbocycles. The Balaban J connectivity index is 1.92. The predicted molar refractivity (Wildman–Crippen MR) is 79.4 cm³/mol. The van der Waals surface area contributed by atoms with Gasteiger partial charge < -0.3 is 15.2 Å². The van der Waals surface area contributed by atoms with E-state index in [2.05, 4.69) is 10.3 Å². The highest BCUT2D eigenvalue weighted by atomic mass is 32.1. The van der Waals surface area contributed by atoms with Crippen molar-refractivity contribution >= 4 is 22.4 Å². The molecule has 0 bridgehead atoms. The van der Waals surface area contributed by atoms with Gasteiger partial charge in [-0.25, -0.2) is 4.98 Å². The summed E-state index contributed by atoms with van der Waals surface area (Å²) in [5, 5.41) is 15.2. The molecule has 0 aliphatic heterocycles. The highest BCUT2D eigenvalue weighted by Crippen LogP contribution is 2.48. The molecule has 1 heterocycles. The van der Waals surface area contributed by atoms with E-state index in [0.29, 0.717) is 11.1 Å². The molecule has 1 aromatic rings. The third-order valence-electron chi connectivity index (χ3n) is 4.09. The maximum Gasteiger partial charge on any atom is 0.315 e. The lowest BCUT2D eigenvalue weighted by Crippen LogP contribution is -2.28. The van der Waals surface area contributed by atoms with Crippen LogP contribution in [0, 0.1) is 5.41 Å². The van der Waals surface area contributed by atoms with Crippen LogP contribution in [0.3, 0.4) is 0 Å². The number of carboxylic acid groups (broad SMARTS) is 1. The molecule has 1 saturated carbocycles. The third kappa shape index (κ3) is 3.30. The number of aliphatic carboxylic acids is 1. The van der Waals surface area contributed by atoms with Gasteiger partial charge in [0.05, 0.1) is 5.69 Å². The van der Waals surface area contributed by atoms with Crippen LogP contribution in [0.15, 0.2) is 5.38 Å². The molecule has 2 rings (SSSR count). The van der Waals surface area contributed by atoms with E-state index >= 15 is 0 Å². The number of carboxylic acids is 1. The zero-order chi connectivity index (χ0) is 14.8. The van der Waals surface area contributed by atoms with Crippen molar-refractivity contribution in [2.75, 3.05) is 25.6 Å². The minimum absolute atomic E-state index is 0.351. The molecule has 0 atom stereocenters. The fourth-order valence-electron chi connectivity index (χ4n) is 2.03. The number of ether oxygens (including phenoxy) is 1. The van der Waals surface area contributed by atoms with Gasteiger partial charge in [0.2, 0.25) is 0 Å². The Morgan fingerprint density at radius 3 is 2.85 bits per heavy atom. The first-order valence-electron chi connectivity index (χ1n) is 6.82. The number of anilines is 1. The molecule has 0 radical (unpaired) electrons. The van der Waals surface area contributed by atoms with Crippen LogP contribution in [-0.4, -0.2) is 36.3 Å². The van der Waals surface area contributed by atoms with Crippen molar-refractivity contribution in [3.8, 4) is 0 Å². The van der Waals surface area contributed by atoms with Crippen LogP contribution in [-0.2, 0) is 14.9 Å². The van der Waals surface area contributed by atoms with Crippen LogP contribution < -0.4 is 5.32 Å². The predicted octanol–water partition coefficient (Wildman–Crippen LogP) is 2.73. The van der Waals surface area contributed by atoms with Crippen molar-refractivity contribution in [2.45, 2.75) is 38.5 Å². The first-order chi connectivity index (χ1) is 9.39. The van der Waals surface area contributed by atoms with Crippen molar-refractivity contribution in [3.05, 3.63) is 11.1 Å². The largest absolute Gasteiger partial charge is 0.481 e. The summed E-state index contributed by atoms with van der Waals surface area (Å²) in [7, 11) is 1.73. The first-order valence-corrected chi connectivity index (χ1v) is 7.70. The topological polar surface area (TPSA) is 71.5 Å². The molecule has 1 aliphatic rings. The zero-order valence-corrected chi connectivity index (χ0v) is 13.0. The molecular weight excluding hydrogens is 276 g/mol. The number of hydrogen-bond donors (Lipinski definition) is 2. The van der Waals surface area contributed by atoms with Crippen LogP contribution >= 0.6 is 11.3 Å². The number of methoxy groups -OCH3 is 1. The summed E-state index contributed by atoms with van der Waals surface area (Å²) in [6, 6.07) is 0. The number of nitrogens with one attached hydrogen (secondary N) is 1.